The summed E-state index contributed by atoms with van der Waals surface area (Å²) in [5.74, 6) is 0. The third kappa shape index (κ3) is 4.73. The molecule has 2 aromatic rings. The van der Waals surface area contributed by atoms with Crippen LogP contribution in [0.3, 0.4) is 0 Å². The number of rotatable bonds is 5. The van der Waals surface area contributed by atoms with Gasteiger partial charge in [-0.1, -0.05) is 0 Å². The van der Waals surface area contributed by atoms with Crippen LogP contribution in [-0.2, 0) is 11.3 Å². The Bertz CT molecular complexity index is 630. The fourth-order valence-electron chi connectivity index (χ4n) is 2.07. The predicted octanol–water partition coefficient (Wildman–Crippen LogP) is 2.57. The molecule has 0 aliphatic carbocycles. The van der Waals surface area contributed by atoms with Crippen molar-refractivity contribution in [3.8, 4) is 0 Å². The molecule has 3 N–H and O–H groups in total. The number of hydrogen-bond donors (Lipinski definition) is 3. The van der Waals surface area contributed by atoms with E-state index in [2.05, 4.69) is 20.6 Å². The van der Waals surface area contributed by atoms with Gasteiger partial charge in [0.15, 0.2) is 0 Å². The van der Waals surface area contributed by atoms with Crippen LogP contribution < -0.4 is 10.6 Å². The Morgan fingerprint density at radius 3 is 2.95 bits per heavy atom. The monoisotopic (exact) mass is 304 g/mol. The Labute approximate surface area is 130 Å². The lowest BCUT2D eigenvalue weighted by atomic mass is 10.2. The number of fused-ring (bicyclic) bond motifs is 1. The Morgan fingerprint density at radius 2 is 2.23 bits per heavy atom. The van der Waals surface area contributed by atoms with Gasteiger partial charge in [-0.2, -0.15) is 0 Å². The van der Waals surface area contributed by atoms with Gasteiger partial charge in [0.05, 0.1) is 0 Å². The topological polar surface area (TPSA) is 79.0 Å². The number of nitrogens with zero attached hydrogens (tertiary/aromatic N) is 1. The number of pyridine rings is 1. The van der Waals surface area contributed by atoms with E-state index in [1.807, 2.05) is 46.0 Å². The molecule has 0 saturated carbocycles. The lowest BCUT2D eigenvalue weighted by Gasteiger charge is -2.21. The zero-order valence-electron chi connectivity index (χ0n) is 13.6. The molecule has 6 heteroatoms. The first-order valence-corrected chi connectivity index (χ1v) is 7.46. The van der Waals surface area contributed by atoms with Crippen LogP contribution in [0, 0.1) is 0 Å². The molecule has 1 amide bonds. The van der Waals surface area contributed by atoms with Gasteiger partial charge in [-0.3, -0.25) is 0 Å². The largest absolute Gasteiger partial charge is 0.444 e. The summed E-state index contributed by atoms with van der Waals surface area (Å²) in [5.41, 5.74) is 1.57. The molecule has 0 saturated heterocycles. The van der Waals surface area contributed by atoms with Crippen molar-refractivity contribution in [2.45, 2.75) is 45.9 Å². The van der Waals surface area contributed by atoms with E-state index in [1.165, 1.54) is 0 Å². The molecule has 0 aromatic carbocycles. The first-order chi connectivity index (χ1) is 10.3. The molecule has 120 valence electrons. The molecule has 22 heavy (non-hydrogen) atoms. The quantitative estimate of drug-likeness (QED) is 0.793. The zero-order chi connectivity index (χ0) is 16.2. The minimum atomic E-state index is -0.474. The van der Waals surface area contributed by atoms with Crippen molar-refractivity contribution >= 4 is 17.1 Å². The number of carbonyl (C=O) groups excluding carboxylic acids is 1. The van der Waals surface area contributed by atoms with Crippen LogP contribution in [0.5, 0.6) is 0 Å². The van der Waals surface area contributed by atoms with E-state index in [-0.39, 0.29) is 6.04 Å². The smallest absolute Gasteiger partial charge is 0.407 e. The molecule has 1 unspecified atom stereocenters. The number of nitrogens with one attached hydrogen (secondary N) is 3. The molecular weight excluding hydrogens is 280 g/mol. The van der Waals surface area contributed by atoms with Gasteiger partial charge in [0.1, 0.15) is 11.2 Å². The van der Waals surface area contributed by atoms with Crippen molar-refractivity contribution in [2.75, 3.05) is 6.54 Å². The third-order valence-electron chi connectivity index (χ3n) is 3.13. The van der Waals surface area contributed by atoms with Gasteiger partial charge in [0.2, 0.25) is 0 Å². The van der Waals surface area contributed by atoms with Gasteiger partial charge < -0.3 is 20.4 Å². The summed E-state index contributed by atoms with van der Waals surface area (Å²) in [6.45, 7) is 8.78. The molecule has 0 bridgehead atoms. The van der Waals surface area contributed by atoms with Crippen molar-refractivity contribution < 1.29 is 9.53 Å². The van der Waals surface area contributed by atoms with Crippen LogP contribution in [0.15, 0.2) is 24.5 Å². The highest BCUT2D eigenvalue weighted by Gasteiger charge is 2.16. The number of amides is 1. The number of carbonyl (C=O) groups is 1. The summed E-state index contributed by atoms with van der Waals surface area (Å²) < 4.78 is 5.21. The summed E-state index contributed by atoms with van der Waals surface area (Å²) in [5, 5.41) is 7.25. The second kappa shape index (κ2) is 6.79. The molecule has 0 radical (unpaired) electrons. The van der Waals surface area contributed by atoms with Crippen LogP contribution in [0.2, 0.25) is 0 Å². The number of aromatic nitrogens is 2. The maximum Gasteiger partial charge on any atom is 0.407 e. The van der Waals surface area contributed by atoms with Crippen LogP contribution in [0.1, 0.15) is 33.3 Å². The number of alkyl carbamates (subject to hydrolysis) is 1. The van der Waals surface area contributed by atoms with Gasteiger partial charge in [0, 0.05) is 36.9 Å². The van der Waals surface area contributed by atoms with E-state index in [9.17, 15) is 4.79 Å². The lowest BCUT2D eigenvalue weighted by Crippen LogP contribution is -2.40. The van der Waals surface area contributed by atoms with E-state index < -0.39 is 11.7 Å². The van der Waals surface area contributed by atoms with Crippen molar-refractivity contribution in [1.82, 2.24) is 20.6 Å². The second-order valence-electron chi connectivity index (χ2n) is 6.38. The molecule has 2 heterocycles. The Hall–Kier alpha value is -2.08. The SMILES string of the molecule is CC(CNC(=O)OC(C)(C)C)NCc1c[nH]c2ncccc12. The summed E-state index contributed by atoms with van der Waals surface area (Å²) in [6, 6.07) is 4.10. The molecule has 0 spiro atoms. The fourth-order valence-corrected chi connectivity index (χ4v) is 2.07. The molecule has 2 rings (SSSR count). The standard InChI is InChI=1S/C16H24N4O2/c1-11(8-20-15(21)22-16(2,3)4)18-9-12-10-19-14-13(12)6-5-7-17-14/h5-7,10-11,18H,8-9H2,1-4H3,(H,17,19)(H,20,21). The van der Waals surface area contributed by atoms with Gasteiger partial charge in [-0.25, -0.2) is 9.78 Å². The van der Waals surface area contributed by atoms with Crippen LogP contribution in [0.25, 0.3) is 11.0 Å². The van der Waals surface area contributed by atoms with E-state index >= 15 is 0 Å². The van der Waals surface area contributed by atoms with Crippen molar-refractivity contribution in [3.05, 3.63) is 30.1 Å². The highest BCUT2D eigenvalue weighted by molar-refractivity contribution is 5.79. The van der Waals surface area contributed by atoms with Crippen LogP contribution in [0.4, 0.5) is 4.79 Å². The normalized spacial score (nSPS) is 13.1. The van der Waals surface area contributed by atoms with Gasteiger partial charge in [-0.05, 0) is 45.4 Å². The Balaban J connectivity index is 1.78. The number of ether oxygens (including phenoxy) is 1. The fraction of sp³-hybridized carbons (Fsp3) is 0.500. The molecule has 0 aliphatic rings. The average molecular weight is 304 g/mol. The van der Waals surface area contributed by atoms with E-state index in [4.69, 9.17) is 4.74 Å². The summed E-state index contributed by atoms with van der Waals surface area (Å²) in [4.78, 5) is 19.0. The second-order valence-corrected chi connectivity index (χ2v) is 6.38. The number of H-pyrrole nitrogens is 1. The number of hydrogen-bond acceptors (Lipinski definition) is 4. The first kappa shape index (κ1) is 16.3. The molecule has 0 aliphatic heterocycles. The predicted molar refractivity (Wildman–Crippen MR) is 86.6 cm³/mol. The van der Waals surface area contributed by atoms with Gasteiger partial charge >= 0.3 is 6.09 Å². The van der Waals surface area contributed by atoms with E-state index in [0.717, 1.165) is 16.6 Å². The zero-order valence-corrected chi connectivity index (χ0v) is 13.6. The highest BCUT2D eigenvalue weighted by Crippen LogP contribution is 2.15. The summed E-state index contributed by atoms with van der Waals surface area (Å²) >= 11 is 0. The van der Waals surface area contributed by atoms with Gasteiger partial charge in [0.25, 0.3) is 0 Å². The first-order valence-electron chi connectivity index (χ1n) is 7.46. The molecule has 2 aromatic heterocycles. The summed E-state index contributed by atoms with van der Waals surface area (Å²) in [6.07, 6.45) is 3.33. The van der Waals surface area contributed by atoms with Crippen molar-refractivity contribution in [2.24, 2.45) is 0 Å². The molecule has 1 atom stereocenters. The Kier molecular flexibility index (Phi) is 5.03. The van der Waals surface area contributed by atoms with Crippen LogP contribution >= 0.6 is 0 Å². The molecule has 6 nitrogen and oxygen atoms in total. The molecule has 0 fully saturated rings. The maximum atomic E-state index is 11.6. The van der Waals surface area contributed by atoms with Crippen LogP contribution in [-0.4, -0.2) is 34.2 Å². The van der Waals surface area contributed by atoms with Crippen molar-refractivity contribution in [1.29, 1.82) is 0 Å². The minimum absolute atomic E-state index is 0.133. The highest BCUT2D eigenvalue weighted by atomic mass is 16.6. The number of aromatic amines is 1. The Morgan fingerprint density at radius 1 is 1.45 bits per heavy atom. The minimum Gasteiger partial charge on any atom is -0.444 e. The van der Waals surface area contributed by atoms with Crippen molar-refractivity contribution in [3.63, 3.8) is 0 Å². The lowest BCUT2D eigenvalue weighted by molar-refractivity contribution is 0.0523. The maximum absolute atomic E-state index is 11.6. The third-order valence-corrected chi connectivity index (χ3v) is 3.13. The van der Waals surface area contributed by atoms with Gasteiger partial charge in [-0.15, -0.1) is 0 Å². The van der Waals surface area contributed by atoms with E-state index in [0.29, 0.717) is 13.1 Å². The van der Waals surface area contributed by atoms with E-state index in [1.54, 1.807) is 6.20 Å². The average Bonchev–Trinajstić information content (AvgIpc) is 2.84. The molecular formula is C16H24N4O2. The summed E-state index contributed by atoms with van der Waals surface area (Å²) in [7, 11) is 0.